The van der Waals surface area contributed by atoms with Gasteiger partial charge in [-0.25, -0.2) is 0 Å². The first kappa shape index (κ1) is 21.3. The number of aliphatic hydroxyl groups is 1. The molecule has 0 saturated heterocycles. The Morgan fingerprint density at radius 2 is 2.07 bits per heavy atom. The molecule has 0 spiro atoms. The van der Waals surface area contributed by atoms with Crippen LogP contribution in [0, 0.1) is 5.92 Å². The summed E-state index contributed by atoms with van der Waals surface area (Å²) >= 11 is 0. The SMILES string of the molecule is CC(NC[C@@H](O)CP(=O)(O)CC1CCCCC1)c1cccc(-c2ccno2)c1. The van der Waals surface area contributed by atoms with Gasteiger partial charge in [-0.15, -0.1) is 0 Å². The van der Waals surface area contributed by atoms with Crippen molar-refractivity contribution in [3.05, 3.63) is 42.1 Å². The van der Waals surface area contributed by atoms with Gasteiger partial charge in [0.2, 0.25) is 7.37 Å². The first-order valence-corrected chi connectivity index (χ1v) is 12.2. The van der Waals surface area contributed by atoms with Gasteiger partial charge < -0.3 is 19.8 Å². The van der Waals surface area contributed by atoms with Crippen molar-refractivity contribution in [2.24, 2.45) is 5.92 Å². The molecule has 1 saturated carbocycles. The number of hydrogen-bond donors (Lipinski definition) is 3. The third kappa shape index (κ3) is 6.28. The van der Waals surface area contributed by atoms with E-state index in [-0.39, 0.29) is 18.7 Å². The Bertz CT molecular complexity index is 774. The zero-order chi connectivity index (χ0) is 20.0. The summed E-state index contributed by atoms with van der Waals surface area (Å²) in [4.78, 5) is 10.3. The average Bonchev–Trinajstić information content (AvgIpc) is 3.21. The second-order valence-corrected chi connectivity index (χ2v) is 10.4. The summed E-state index contributed by atoms with van der Waals surface area (Å²) in [5.41, 5.74) is 1.99. The van der Waals surface area contributed by atoms with Gasteiger partial charge in [-0.1, -0.05) is 42.6 Å². The van der Waals surface area contributed by atoms with Crippen LogP contribution in [0.2, 0.25) is 0 Å². The minimum Gasteiger partial charge on any atom is -0.391 e. The predicted molar refractivity (Wildman–Crippen MR) is 110 cm³/mol. The maximum Gasteiger partial charge on any atom is 0.203 e. The van der Waals surface area contributed by atoms with E-state index in [9.17, 15) is 14.6 Å². The first-order chi connectivity index (χ1) is 13.4. The summed E-state index contributed by atoms with van der Waals surface area (Å²) in [6, 6.07) is 9.74. The van der Waals surface area contributed by atoms with E-state index < -0.39 is 13.5 Å². The van der Waals surface area contributed by atoms with Crippen LogP contribution in [0.25, 0.3) is 11.3 Å². The van der Waals surface area contributed by atoms with Crippen LogP contribution in [-0.2, 0) is 4.57 Å². The molecular formula is C21H31N2O4P. The quantitative estimate of drug-likeness (QED) is 0.540. The molecule has 3 N–H and O–H groups in total. The fraction of sp³-hybridized carbons (Fsp3) is 0.571. The Morgan fingerprint density at radius 1 is 1.29 bits per heavy atom. The fourth-order valence-electron chi connectivity index (χ4n) is 4.00. The molecule has 1 heterocycles. The predicted octanol–water partition coefficient (Wildman–Crippen LogP) is 4.20. The zero-order valence-corrected chi connectivity index (χ0v) is 17.4. The number of rotatable bonds is 9. The number of hydrogen-bond acceptors (Lipinski definition) is 5. The average molecular weight is 406 g/mol. The molecule has 0 amide bonds. The maximum absolute atomic E-state index is 12.5. The second kappa shape index (κ2) is 9.84. The summed E-state index contributed by atoms with van der Waals surface area (Å²) in [5.74, 6) is 1.04. The highest BCUT2D eigenvalue weighted by atomic mass is 31.2. The molecule has 1 aromatic heterocycles. The van der Waals surface area contributed by atoms with Crippen molar-refractivity contribution in [1.29, 1.82) is 0 Å². The molecule has 0 radical (unpaired) electrons. The monoisotopic (exact) mass is 406 g/mol. The Labute approximate surface area is 166 Å². The molecule has 1 fully saturated rings. The van der Waals surface area contributed by atoms with Gasteiger partial charge in [-0.05, 0) is 37.3 Å². The number of benzene rings is 1. The number of nitrogens with zero attached hydrogens (tertiary/aromatic N) is 1. The number of aliphatic hydroxyl groups excluding tert-OH is 1. The lowest BCUT2D eigenvalue weighted by Crippen LogP contribution is -2.32. The topological polar surface area (TPSA) is 95.6 Å². The van der Waals surface area contributed by atoms with Crippen molar-refractivity contribution in [3.8, 4) is 11.3 Å². The van der Waals surface area contributed by atoms with Gasteiger partial charge in [0, 0.05) is 30.4 Å². The third-order valence-corrected chi connectivity index (χ3v) is 7.61. The van der Waals surface area contributed by atoms with Crippen LogP contribution in [0.15, 0.2) is 41.1 Å². The molecule has 2 unspecified atom stereocenters. The Hall–Kier alpha value is -1.46. The molecule has 3 atom stereocenters. The summed E-state index contributed by atoms with van der Waals surface area (Å²) in [6.45, 7) is 2.29. The molecule has 1 aliphatic rings. The van der Waals surface area contributed by atoms with E-state index >= 15 is 0 Å². The lowest BCUT2D eigenvalue weighted by molar-refractivity contribution is 0.186. The number of aromatic nitrogens is 1. The van der Waals surface area contributed by atoms with Crippen molar-refractivity contribution in [1.82, 2.24) is 10.5 Å². The van der Waals surface area contributed by atoms with Crippen molar-refractivity contribution in [2.75, 3.05) is 18.9 Å². The van der Waals surface area contributed by atoms with Gasteiger partial charge in [-0.3, -0.25) is 4.57 Å². The molecule has 6 nitrogen and oxygen atoms in total. The maximum atomic E-state index is 12.5. The van der Waals surface area contributed by atoms with Gasteiger partial charge in [-0.2, -0.15) is 0 Å². The zero-order valence-electron chi connectivity index (χ0n) is 16.5. The molecule has 28 heavy (non-hydrogen) atoms. The highest BCUT2D eigenvalue weighted by Gasteiger charge is 2.28. The fourth-order valence-corrected chi connectivity index (χ4v) is 6.11. The van der Waals surface area contributed by atoms with Crippen molar-refractivity contribution in [2.45, 2.75) is 51.2 Å². The smallest absolute Gasteiger partial charge is 0.203 e. The lowest BCUT2D eigenvalue weighted by atomic mass is 9.91. The van der Waals surface area contributed by atoms with Crippen LogP contribution in [0.5, 0.6) is 0 Å². The highest BCUT2D eigenvalue weighted by Crippen LogP contribution is 2.45. The summed E-state index contributed by atoms with van der Waals surface area (Å²) in [5, 5.41) is 17.3. The molecule has 0 aliphatic heterocycles. The van der Waals surface area contributed by atoms with Crippen LogP contribution in [-0.4, -0.2) is 40.1 Å². The summed E-state index contributed by atoms with van der Waals surface area (Å²) in [7, 11) is -3.30. The second-order valence-electron chi connectivity index (χ2n) is 8.00. The van der Waals surface area contributed by atoms with Crippen molar-refractivity contribution >= 4 is 7.37 Å². The molecule has 154 valence electrons. The van der Waals surface area contributed by atoms with Crippen LogP contribution in [0.4, 0.5) is 0 Å². The van der Waals surface area contributed by atoms with E-state index in [2.05, 4.69) is 10.5 Å². The normalized spacial score (nSPS) is 19.8. The van der Waals surface area contributed by atoms with Crippen molar-refractivity contribution < 1.29 is 19.1 Å². The van der Waals surface area contributed by atoms with Gasteiger partial charge in [0.15, 0.2) is 5.76 Å². The van der Waals surface area contributed by atoms with Crippen LogP contribution < -0.4 is 5.32 Å². The molecule has 1 aromatic carbocycles. The largest absolute Gasteiger partial charge is 0.391 e. The van der Waals surface area contributed by atoms with E-state index in [0.29, 0.717) is 17.8 Å². The Kier molecular flexibility index (Phi) is 7.47. The van der Waals surface area contributed by atoms with Gasteiger partial charge in [0.1, 0.15) is 0 Å². The van der Waals surface area contributed by atoms with E-state index in [1.807, 2.05) is 37.3 Å². The van der Waals surface area contributed by atoms with Crippen molar-refractivity contribution in [3.63, 3.8) is 0 Å². The summed E-state index contributed by atoms with van der Waals surface area (Å²) < 4.78 is 17.7. The molecule has 3 rings (SSSR count). The number of nitrogens with one attached hydrogen (secondary N) is 1. The van der Waals surface area contributed by atoms with E-state index in [0.717, 1.165) is 36.8 Å². The highest BCUT2D eigenvalue weighted by molar-refractivity contribution is 7.58. The minimum atomic E-state index is -3.30. The van der Waals surface area contributed by atoms with E-state index in [4.69, 9.17) is 4.52 Å². The first-order valence-electron chi connectivity index (χ1n) is 10.2. The molecule has 2 aromatic rings. The minimum absolute atomic E-state index is 0.00561. The summed E-state index contributed by atoms with van der Waals surface area (Å²) in [6.07, 6.45) is 6.70. The molecule has 7 heteroatoms. The molecular weight excluding hydrogens is 375 g/mol. The van der Waals surface area contributed by atoms with Crippen LogP contribution in [0.1, 0.15) is 50.6 Å². The van der Waals surface area contributed by atoms with Gasteiger partial charge in [0.05, 0.1) is 18.5 Å². The molecule has 1 aliphatic carbocycles. The van der Waals surface area contributed by atoms with E-state index in [1.54, 1.807) is 6.20 Å². The Morgan fingerprint density at radius 3 is 2.79 bits per heavy atom. The Balaban J connectivity index is 1.49. The van der Waals surface area contributed by atoms with Crippen LogP contribution >= 0.6 is 7.37 Å². The standard InChI is InChI=1S/C21H31N2O4P/c1-16(18-8-5-9-19(12-18)21-10-11-23-27-21)22-13-20(24)15-28(25,26)14-17-6-3-2-4-7-17/h5,8-12,16-17,20,22,24H,2-4,6-7,13-15H2,1H3,(H,25,26)/t16?,20-/m1/s1. The van der Waals surface area contributed by atoms with Gasteiger partial charge in [0.25, 0.3) is 0 Å². The molecule has 0 bridgehead atoms. The lowest BCUT2D eigenvalue weighted by Gasteiger charge is -2.25. The van der Waals surface area contributed by atoms with Gasteiger partial charge >= 0.3 is 0 Å². The van der Waals surface area contributed by atoms with Crippen LogP contribution in [0.3, 0.4) is 0 Å². The van der Waals surface area contributed by atoms with E-state index in [1.165, 1.54) is 6.42 Å². The third-order valence-electron chi connectivity index (χ3n) is 5.53.